The van der Waals surface area contributed by atoms with E-state index >= 15 is 0 Å². The molecule has 0 fully saturated rings. The number of allylic oxidation sites excluding steroid dienone is 1. The van der Waals surface area contributed by atoms with Gasteiger partial charge in [-0.2, -0.15) is 0 Å². The van der Waals surface area contributed by atoms with E-state index in [1.165, 1.54) is 11.4 Å². The summed E-state index contributed by atoms with van der Waals surface area (Å²) in [4.78, 5) is 0. The average molecular weight is 228 g/mol. The molecule has 0 bridgehead atoms. The predicted octanol–water partition coefficient (Wildman–Crippen LogP) is 3.35. The molecule has 0 amide bonds. The molecule has 17 heavy (non-hydrogen) atoms. The van der Waals surface area contributed by atoms with Gasteiger partial charge < -0.3 is 9.13 Å². The molecule has 0 aliphatic carbocycles. The molecule has 0 saturated carbocycles. The SMILES string of the molecule is Cn1cccc1/C=C/C(C)(C)c1cccn1C. The molecule has 90 valence electrons. The van der Waals surface area contributed by atoms with Crippen LogP contribution in [-0.4, -0.2) is 9.13 Å². The fourth-order valence-corrected chi connectivity index (χ4v) is 2.16. The molecule has 2 heterocycles. The maximum atomic E-state index is 2.26. The van der Waals surface area contributed by atoms with E-state index in [-0.39, 0.29) is 5.41 Å². The Balaban J connectivity index is 2.26. The highest BCUT2D eigenvalue weighted by Crippen LogP contribution is 2.25. The van der Waals surface area contributed by atoms with Crippen molar-refractivity contribution in [1.82, 2.24) is 9.13 Å². The van der Waals surface area contributed by atoms with Crippen molar-refractivity contribution in [3.05, 3.63) is 54.1 Å². The zero-order valence-corrected chi connectivity index (χ0v) is 11.0. The van der Waals surface area contributed by atoms with Gasteiger partial charge in [0.1, 0.15) is 0 Å². The van der Waals surface area contributed by atoms with Gasteiger partial charge in [-0.1, -0.05) is 19.9 Å². The van der Waals surface area contributed by atoms with E-state index in [0.29, 0.717) is 0 Å². The summed E-state index contributed by atoms with van der Waals surface area (Å²) in [6, 6.07) is 8.45. The second-order valence-electron chi connectivity index (χ2n) is 5.10. The average Bonchev–Trinajstić information content (AvgIpc) is 2.85. The summed E-state index contributed by atoms with van der Waals surface area (Å²) in [5, 5.41) is 0. The quantitative estimate of drug-likeness (QED) is 0.762. The van der Waals surface area contributed by atoms with Crippen LogP contribution in [0.15, 0.2) is 42.7 Å². The molecule has 0 radical (unpaired) electrons. The lowest BCUT2D eigenvalue weighted by molar-refractivity contribution is 0.609. The summed E-state index contributed by atoms with van der Waals surface area (Å²) >= 11 is 0. The normalized spacial score (nSPS) is 12.5. The van der Waals surface area contributed by atoms with Crippen LogP contribution in [0.4, 0.5) is 0 Å². The van der Waals surface area contributed by atoms with E-state index in [2.05, 4.69) is 85.9 Å². The Morgan fingerprint density at radius 2 is 1.65 bits per heavy atom. The molecule has 0 aliphatic heterocycles. The Hall–Kier alpha value is -1.70. The molecule has 2 heteroatoms. The molecule has 0 spiro atoms. The van der Waals surface area contributed by atoms with Crippen molar-refractivity contribution < 1.29 is 0 Å². The lowest BCUT2D eigenvalue weighted by Crippen LogP contribution is -2.17. The number of aryl methyl sites for hydroxylation is 2. The molecule has 0 unspecified atom stereocenters. The molecule has 0 saturated heterocycles. The van der Waals surface area contributed by atoms with Crippen LogP contribution in [0.25, 0.3) is 6.08 Å². The van der Waals surface area contributed by atoms with Crippen LogP contribution in [0.1, 0.15) is 25.2 Å². The van der Waals surface area contributed by atoms with Gasteiger partial charge in [0.15, 0.2) is 0 Å². The number of hydrogen-bond donors (Lipinski definition) is 0. The Morgan fingerprint density at radius 3 is 2.18 bits per heavy atom. The van der Waals surface area contributed by atoms with Crippen LogP contribution in [0.2, 0.25) is 0 Å². The summed E-state index contributed by atoms with van der Waals surface area (Å²) in [6.45, 7) is 4.48. The van der Waals surface area contributed by atoms with Gasteiger partial charge in [0, 0.05) is 43.3 Å². The Bertz CT molecular complexity index is 527. The van der Waals surface area contributed by atoms with E-state index in [0.717, 1.165) is 0 Å². The van der Waals surface area contributed by atoms with Crippen LogP contribution in [0.3, 0.4) is 0 Å². The fraction of sp³-hybridized carbons (Fsp3) is 0.333. The van der Waals surface area contributed by atoms with Crippen LogP contribution < -0.4 is 0 Å². The number of nitrogens with zero attached hydrogens (tertiary/aromatic N) is 2. The van der Waals surface area contributed by atoms with Crippen molar-refractivity contribution in [2.24, 2.45) is 14.1 Å². The first-order valence-electron chi connectivity index (χ1n) is 5.93. The zero-order chi connectivity index (χ0) is 12.5. The Labute approximate surface area is 103 Å². The van der Waals surface area contributed by atoms with Crippen molar-refractivity contribution in [3.63, 3.8) is 0 Å². The highest BCUT2D eigenvalue weighted by atomic mass is 14.9. The van der Waals surface area contributed by atoms with Crippen LogP contribution in [-0.2, 0) is 19.5 Å². The van der Waals surface area contributed by atoms with Gasteiger partial charge in [-0.15, -0.1) is 0 Å². The van der Waals surface area contributed by atoms with Crippen molar-refractivity contribution in [2.45, 2.75) is 19.3 Å². The smallest absolute Gasteiger partial charge is 0.0401 e. The minimum absolute atomic E-state index is 0.0442. The highest BCUT2D eigenvalue weighted by molar-refractivity contribution is 5.48. The van der Waals surface area contributed by atoms with E-state index in [4.69, 9.17) is 0 Å². The second-order valence-corrected chi connectivity index (χ2v) is 5.10. The Morgan fingerprint density at radius 1 is 1.00 bits per heavy atom. The molecular weight excluding hydrogens is 208 g/mol. The first kappa shape index (κ1) is 11.8. The standard InChI is InChI=1S/C15H20N2/c1-15(2,14-8-6-12-17(14)4)10-9-13-7-5-11-16(13)3/h5-12H,1-4H3/b10-9+. The van der Waals surface area contributed by atoms with Crippen molar-refractivity contribution in [1.29, 1.82) is 0 Å². The number of rotatable bonds is 3. The van der Waals surface area contributed by atoms with Gasteiger partial charge in [0.05, 0.1) is 0 Å². The third-order valence-electron chi connectivity index (χ3n) is 3.26. The minimum atomic E-state index is 0.0442. The molecule has 2 aromatic rings. The molecule has 2 aromatic heterocycles. The monoisotopic (exact) mass is 228 g/mol. The van der Waals surface area contributed by atoms with Gasteiger partial charge in [-0.25, -0.2) is 0 Å². The lowest BCUT2D eigenvalue weighted by Gasteiger charge is -2.21. The third-order valence-corrected chi connectivity index (χ3v) is 3.26. The first-order chi connectivity index (χ1) is 8.00. The van der Waals surface area contributed by atoms with E-state index < -0.39 is 0 Å². The van der Waals surface area contributed by atoms with Gasteiger partial charge in [-0.05, 0) is 30.3 Å². The van der Waals surface area contributed by atoms with E-state index in [1.54, 1.807) is 0 Å². The lowest BCUT2D eigenvalue weighted by atomic mass is 9.88. The fourth-order valence-electron chi connectivity index (χ4n) is 2.16. The summed E-state index contributed by atoms with van der Waals surface area (Å²) in [5.74, 6) is 0. The van der Waals surface area contributed by atoms with Crippen molar-refractivity contribution in [2.75, 3.05) is 0 Å². The van der Waals surface area contributed by atoms with Gasteiger partial charge in [-0.3, -0.25) is 0 Å². The molecule has 2 nitrogen and oxygen atoms in total. The largest absolute Gasteiger partial charge is 0.354 e. The zero-order valence-electron chi connectivity index (χ0n) is 11.0. The second kappa shape index (κ2) is 4.28. The number of hydrogen-bond acceptors (Lipinski definition) is 0. The molecule has 0 atom stereocenters. The maximum absolute atomic E-state index is 2.26. The number of aromatic nitrogens is 2. The molecule has 2 rings (SSSR count). The summed E-state index contributed by atoms with van der Waals surface area (Å²) in [7, 11) is 4.16. The van der Waals surface area contributed by atoms with Gasteiger partial charge in [0.2, 0.25) is 0 Å². The van der Waals surface area contributed by atoms with Crippen molar-refractivity contribution in [3.8, 4) is 0 Å². The third kappa shape index (κ3) is 2.36. The van der Waals surface area contributed by atoms with E-state index in [1.807, 2.05) is 0 Å². The predicted molar refractivity (Wildman–Crippen MR) is 72.9 cm³/mol. The minimum Gasteiger partial charge on any atom is -0.354 e. The van der Waals surface area contributed by atoms with E-state index in [9.17, 15) is 0 Å². The highest BCUT2D eigenvalue weighted by Gasteiger charge is 2.19. The topological polar surface area (TPSA) is 9.86 Å². The summed E-state index contributed by atoms with van der Waals surface area (Å²) in [5.41, 5.74) is 2.60. The summed E-state index contributed by atoms with van der Waals surface area (Å²) in [6.07, 6.45) is 8.60. The van der Waals surface area contributed by atoms with Crippen LogP contribution in [0, 0.1) is 0 Å². The van der Waals surface area contributed by atoms with Gasteiger partial charge in [0.25, 0.3) is 0 Å². The molecule has 0 aromatic carbocycles. The molecular formula is C15H20N2. The maximum Gasteiger partial charge on any atom is 0.0401 e. The van der Waals surface area contributed by atoms with Crippen molar-refractivity contribution >= 4 is 6.08 Å². The molecule has 0 aliphatic rings. The van der Waals surface area contributed by atoms with Crippen LogP contribution >= 0.6 is 0 Å². The molecule has 0 N–H and O–H groups in total. The van der Waals surface area contributed by atoms with Crippen LogP contribution in [0.5, 0.6) is 0 Å². The Kier molecular flexibility index (Phi) is 2.97. The first-order valence-corrected chi connectivity index (χ1v) is 5.93. The van der Waals surface area contributed by atoms with Gasteiger partial charge >= 0.3 is 0 Å². The summed E-state index contributed by atoms with van der Waals surface area (Å²) < 4.78 is 4.30.